The van der Waals surface area contributed by atoms with Gasteiger partial charge >= 0.3 is 6.09 Å². The van der Waals surface area contributed by atoms with Crippen LogP contribution >= 0.6 is 0 Å². The van der Waals surface area contributed by atoms with E-state index >= 15 is 0 Å². The number of amides is 1. The summed E-state index contributed by atoms with van der Waals surface area (Å²) >= 11 is 0. The largest absolute Gasteiger partial charge is 0.444 e. The minimum absolute atomic E-state index is 0.143. The average molecular weight is 348 g/mol. The van der Waals surface area contributed by atoms with Gasteiger partial charge in [0.25, 0.3) is 0 Å². The number of carbonyl (C=O) groups is 1. The van der Waals surface area contributed by atoms with Crippen molar-refractivity contribution in [1.82, 2.24) is 15.1 Å². The van der Waals surface area contributed by atoms with Crippen LogP contribution < -0.4 is 5.32 Å². The zero-order chi connectivity index (χ0) is 18.0. The van der Waals surface area contributed by atoms with Gasteiger partial charge in [-0.1, -0.05) is 18.2 Å². The number of nitrogens with one attached hydrogen (secondary N) is 1. The van der Waals surface area contributed by atoms with Crippen LogP contribution in [0.25, 0.3) is 0 Å². The Kier molecular flexibility index (Phi) is 4.83. The van der Waals surface area contributed by atoms with Gasteiger partial charge in [0.1, 0.15) is 11.4 Å². The Bertz CT molecular complexity index is 671. The van der Waals surface area contributed by atoms with Crippen molar-refractivity contribution in [3.05, 3.63) is 35.6 Å². The van der Waals surface area contributed by atoms with Crippen LogP contribution in [0.4, 0.5) is 9.18 Å². The zero-order valence-electron chi connectivity index (χ0n) is 15.0. The highest BCUT2D eigenvalue weighted by Crippen LogP contribution is 2.19. The second-order valence-corrected chi connectivity index (χ2v) is 7.38. The summed E-state index contributed by atoms with van der Waals surface area (Å²) in [6.45, 7) is 8.48. The Morgan fingerprint density at radius 2 is 2.12 bits per heavy atom. The van der Waals surface area contributed by atoms with E-state index < -0.39 is 5.60 Å². The van der Waals surface area contributed by atoms with Crippen molar-refractivity contribution in [2.75, 3.05) is 26.2 Å². The number of nitrogens with zero attached hydrogens (tertiary/aromatic N) is 3. The zero-order valence-corrected chi connectivity index (χ0v) is 15.0. The van der Waals surface area contributed by atoms with E-state index in [0.29, 0.717) is 38.3 Å². The third-order valence-electron chi connectivity index (χ3n) is 4.25. The summed E-state index contributed by atoms with van der Waals surface area (Å²) in [7, 11) is 0. The van der Waals surface area contributed by atoms with E-state index in [-0.39, 0.29) is 18.0 Å². The molecule has 0 bridgehead atoms. The predicted molar refractivity (Wildman–Crippen MR) is 93.8 cm³/mol. The van der Waals surface area contributed by atoms with E-state index in [0.717, 1.165) is 5.96 Å². The van der Waals surface area contributed by atoms with Gasteiger partial charge in [0.15, 0.2) is 5.96 Å². The molecule has 136 valence electrons. The molecule has 0 saturated carbocycles. The first-order valence-electron chi connectivity index (χ1n) is 8.60. The van der Waals surface area contributed by atoms with E-state index in [9.17, 15) is 9.18 Å². The van der Waals surface area contributed by atoms with Crippen molar-refractivity contribution in [3.63, 3.8) is 0 Å². The quantitative estimate of drug-likeness (QED) is 0.890. The molecule has 1 N–H and O–H groups in total. The van der Waals surface area contributed by atoms with E-state index in [4.69, 9.17) is 4.74 Å². The Hall–Kier alpha value is -2.31. The SMILES string of the molecule is CC(C)(C)OC(=O)N1CCN2C(NCc3ccccc3F)=NCC2C1. The molecular weight excluding hydrogens is 323 g/mol. The monoisotopic (exact) mass is 348 g/mol. The molecule has 1 fully saturated rings. The molecule has 0 aliphatic carbocycles. The number of carbonyl (C=O) groups excluding carboxylic acids is 1. The Balaban J connectivity index is 1.54. The summed E-state index contributed by atoms with van der Waals surface area (Å²) in [6.07, 6.45) is -0.278. The van der Waals surface area contributed by atoms with Crippen LogP contribution in [0.5, 0.6) is 0 Å². The van der Waals surface area contributed by atoms with Crippen molar-refractivity contribution < 1.29 is 13.9 Å². The highest BCUT2D eigenvalue weighted by atomic mass is 19.1. The predicted octanol–water partition coefficient (Wildman–Crippen LogP) is 2.21. The van der Waals surface area contributed by atoms with Crippen LogP contribution in [0, 0.1) is 5.82 Å². The number of benzene rings is 1. The minimum Gasteiger partial charge on any atom is -0.444 e. The second-order valence-electron chi connectivity index (χ2n) is 7.38. The maximum absolute atomic E-state index is 13.7. The van der Waals surface area contributed by atoms with Gasteiger partial charge in [-0.05, 0) is 26.8 Å². The van der Waals surface area contributed by atoms with Gasteiger partial charge in [0.2, 0.25) is 0 Å². The van der Waals surface area contributed by atoms with Gasteiger partial charge in [-0.15, -0.1) is 0 Å². The lowest BCUT2D eigenvalue weighted by Gasteiger charge is -2.39. The fraction of sp³-hybridized carbons (Fsp3) is 0.556. The molecule has 3 rings (SSSR count). The average Bonchev–Trinajstić information content (AvgIpc) is 2.95. The highest BCUT2D eigenvalue weighted by Gasteiger charge is 2.36. The fourth-order valence-corrected chi connectivity index (χ4v) is 3.04. The third kappa shape index (κ3) is 4.21. The van der Waals surface area contributed by atoms with Crippen LogP contribution in [0.1, 0.15) is 26.3 Å². The molecule has 0 aromatic heterocycles. The number of guanidine groups is 1. The van der Waals surface area contributed by atoms with Crippen LogP contribution in [-0.4, -0.2) is 59.7 Å². The molecular formula is C18H25FN4O2. The number of fused-ring (bicyclic) bond motifs is 1. The van der Waals surface area contributed by atoms with Crippen molar-refractivity contribution in [1.29, 1.82) is 0 Å². The number of hydrogen-bond donors (Lipinski definition) is 1. The molecule has 1 aromatic rings. The molecule has 1 unspecified atom stereocenters. The molecule has 1 aromatic carbocycles. The van der Waals surface area contributed by atoms with E-state index in [1.807, 2.05) is 26.8 Å². The molecule has 1 atom stereocenters. The summed E-state index contributed by atoms with van der Waals surface area (Å²) in [5, 5.41) is 3.22. The summed E-state index contributed by atoms with van der Waals surface area (Å²) in [5.41, 5.74) is 0.119. The number of ether oxygens (including phenoxy) is 1. The summed E-state index contributed by atoms with van der Waals surface area (Å²) in [6, 6.07) is 6.85. The Morgan fingerprint density at radius 3 is 2.84 bits per heavy atom. The maximum atomic E-state index is 13.7. The van der Waals surface area contributed by atoms with Crippen LogP contribution in [0.3, 0.4) is 0 Å². The molecule has 25 heavy (non-hydrogen) atoms. The smallest absolute Gasteiger partial charge is 0.410 e. The second kappa shape index (κ2) is 6.90. The first-order chi connectivity index (χ1) is 11.8. The van der Waals surface area contributed by atoms with Gasteiger partial charge < -0.3 is 19.9 Å². The van der Waals surface area contributed by atoms with E-state index in [1.165, 1.54) is 6.07 Å². The topological polar surface area (TPSA) is 57.2 Å². The fourth-order valence-electron chi connectivity index (χ4n) is 3.04. The van der Waals surface area contributed by atoms with Crippen molar-refractivity contribution in [2.24, 2.45) is 4.99 Å². The number of halogens is 1. The lowest BCUT2D eigenvalue weighted by molar-refractivity contribution is 0.0137. The number of hydrogen-bond acceptors (Lipinski definition) is 5. The van der Waals surface area contributed by atoms with Crippen LogP contribution in [0.2, 0.25) is 0 Å². The third-order valence-corrected chi connectivity index (χ3v) is 4.25. The Morgan fingerprint density at radius 1 is 1.36 bits per heavy atom. The van der Waals surface area contributed by atoms with Gasteiger partial charge in [-0.25, -0.2) is 9.18 Å². The Labute approximate surface area is 147 Å². The first kappa shape index (κ1) is 17.5. The lowest BCUT2D eigenvalue weighted by atomic mass is 10.2. The molecule has 1 saturated heterocycles. The lowest BCUT2D eigenvalue weighted by Crippen LogP contribution is -2.57. The van der Waals surface area contributed by atoms with Crippen LogP contribution in [-0.2, 0) is 11.3 Å². The molecule has 2 aliphatic rings. The molecule has 0 radical (unpaired) electrons. The molecule has 2 heterocycles. The van der Waals surface area contributed by atoms with Gasteiger partial charge in [0.05, 0.1) is 12.6 Å². The van der Waals surface area contributed by atoms with E-state index in [2.05, 4.69) is 15.2 Å². The summed E-state index contributed by atoms with van der Waals surface area (Å²) in [4.78, 5) is 20.6. The molecule has 7 heteroatoms. The maximum Gasteiger partial charge on any atom is 0.410 e. The van der Waals surface area contributed by atoms with Crippen molar-refractivity contribution in [2.45, 2.75) is 39.0 Å². The van der Waals surface area contributed by atoms with Crippen molar-refractivity contribution >= 4 is 12.1 Å². The van der Waals surface area contributed by atoms with Crippen molar-refractivity contribution in [3.8, 4) is 0 Å². The van der Waals surface area contributed by atoms with Gasteiger partial charge in [-0.3, -0.25) is 4.99 Å². The van der Waals surface area contributed by atoms with E-state index in [1.54, 1.807) is 17.0 Å². The highest BCUT2D eigenvalue weighted by molar-refractivity contribution is 5.82. The van der Waals surface area contributed by atoms with Gasteiger partial charge in [0, 0.05) is 31.7 Å². The standard InChI is InChI=1S/C18H25FN4O2/c1-18(2,3)25-17(24)22-8-9-23-14(12-22)11-21-16(23)20-10-13-6-4-5-7-15(13)19/h4-7,14H,8-12H2,1-3H3,(H,20,21). The van der Waals surface area contributed by atoms with Gasteiger partial charge in [-0.2, -0.15) is 0 Å². The summed E-state index contributed by atoms with van der Waals surface area (Å²) in [5.74, 6) is 0.553. The first-order valence-corrected chi connectivity index (χ1v) is 8.60. The number of piperazine rings is 1. The number of aliphatic imine (C=N–C) groups is 1. The molecule has 6 nitrogen and oxygen atoms in total. The van der Waals surface area contributed by atoms with Crippen LogP contribution in [0.15, 0.2) is 29.3 Å². The number of rotatable bonds is 2. The normalized spacial score (nSPS) is 20.2. The molecule has 1 amide bonds. The minimum atomic E-state index is -0.493. The molecule has 0 spiro atoms. The summed E-state index contributed by atoms with van der Waals surface area (Å²) < 4.78 is 19.2. The molecule has 2 aliphatic heterocycles.